The van der Waals surface area contributed by atoms with Gasteiger partial charge in [0.15, 0.2) is 6.10 Å². The van der Waals surface area contributed by atoms with Gasteiger partial charge in [-0.3, -0.25) is 14.4 Å². The molecular formula is C62H112O6. The monoisotopic (exact) mass is 953 g/mol. The zero-order valence-corrected chi connectivity index (χ0v) is 45.4. The number of esters is 3. The number of allylic oxidation sites excluding steroid dienone is 8. The molecule has 68 heavy (non-hydrogen) atoms. The summed E-state index contributed by atoms with van der Waals surface area (Å²) in [5.74, 6) is -0.889. The molecule has 6 nitrogen and oxygen atoms in total. The Bertz CT molecular complexity index is 1190. The lowest BCUT2D eigenvalue weighted by Gasteiger charge is -2.18. The molecule has 0 aromatic heterocycles. The van der Waals surface area contributed by atoms with Crippen LogP contribution in [-0.2, 0) is 28.6 Å². The highest BCUT2D eigenvalue weighted by molar-refractivity contribution is 5.71. The van der Waals surface area contributed by atoms with Gasteiger partial charge in [0.05, 0.1) is 0 Å². The molecule has 0 bridgehead atoms. The molecule has 0 spiro atoms. The van der Waals surface area contributed by atoms with Crippen molar-refractivity contribution in [1.29, 1.82) is 0 Å². The molecule has 0 saturated heterocycles. The van der Waals surface area contributed by atoms with Crippen molar-refractivity contribution in [2.24, 2.45) is 0 Å². The van der Waals surface area contributed by atoms with Gasteiger partial charge in [-0.2, -0.15) is 0 Å². The Balaban J connectivity index is 4.36. The normalized spacial score (nSPS) is 12.3. The lowest BCUT2D eigenvalue weighted by Crippen LogP contribution is -2.30. The number of hydrogen-bond donors (Lipinski definition) is 0. The van der Waals surface area contributed by atoms with Crippen molar-refractivity contribution in [3.8, 4) is 0 Å². The first kappa shape index (κ1) is 65.4. The van der Waals surface area contributed by atoms with Crippen molar-refractivity contribution >= 4 is 17.9 Å². The van der Waals surface area contributed by atoms with Gasteiger partial charge < -0.3 is 14.2 Å². The number of carbonyl (C=O) groups excluding carboxylic acids is 3. The quantitative estimate of drug-likeness (QED) is 0.0262. The van der Waals surface area contributed by atoms with Crippen LogP contribution in [0.4, 0.5) is 0 Å². The molecule has 0 unspecified atom stereocenters. The van der Waals surface area contributed by atoms with Gasteiger partial charge in [-0.25, -0.2) is 0 Å². The zero-order chi connectivity index (χ0) is 49.3. The second kappa shape index (κ2) is 57.0. The molecule has 0 saturated carbocycles. The maximum atomic E-state index is 12.9. The standard InChI is InChI=1S/C62H112O6/c1-4-7-10-13-16-19-22-25-28-30-31-32-35-37-40-43-46-49-52-55-61(64)67-58-59(57-66-60(63)54-51-48-45-42-39-36-33-27-24-21-18-15-12-9-6-3)68-62(65)56-53-50-47-44-41-38-34-29-26-23-20-17-14-11-8-5-2/h9,12,18,21,27,29,33-34,59H,4-8,10-11,13-17,19-20,22-26,28,30-32,35-58H2,1-3H3/b12-9-,21-18-,33-27-,34-29-/t59-/m1/s1. The zero-order valence-electron chi connectivity index (χ0n) is 45.4. The van der Waals surface area contributed by atoms with Gasteiger partial charge in [0.25, 0.3) is 0 Å². The van der Waals surface area contributed by atoms with Crippen molar-refractivity contribution in [3.63, 3.8) is 0 Å². The fourth-order valence-electron chi connectivity index (χ4n) is 8.63. The summed E-state index contributed by atoms with van der Waals surface area (Å²) >= 11 is 0. The average Bonchev–Trinajstić information content (AvgIpc) is 3.34. The molecule has 6 heteroatoms. The van der Waals surface area contributed by atoms with E-state index >= 15 is 0 Å². The third-order valence-electron chi connectivity index (χ3n) is 13.1. The Kier molecular flexibility index (Phi) is 54.8. The van der Waals surface area contributed by atoms with Crippen LogP contribution >= 0.6 is 0 Å². The lowest BCUT2D eigenvalue weighted by molar-refractivity contribution is -0.167. The molecule has 0 aromatic carbocycles. The Morgan fingerprint density at radius 3 is 0.912 bits per heavy atom. The molecule has 0 aromatic rings. The van der Waals surface area contributed by atoms with Crippen LogP contribution in [0.1, 0.15) is 310 Å². The van der Waals surface area contributed by atoms with Crippen LogP contribution in [0.25, 0.3) is 0 Å². The largest absolute Gasteiger partial charge is 0.462 e. The van der Waals surface area contributed by atoms with Crippen molar-refractivity contribution < 1.29 is 28.6 Å². The maximum absolute atomic E-state index is 12.9. The molecule has 0 amide bonds. The minimum absolute atomic E-state index is 0.0789. The van der Waals surface area contributed by atoms with E-state index in [2.05, 4.69) is 69.4 Å². The first-order valence-corrected chi connectivity index (χ1v) is 29.6. The highest BCUT2D eigenvalue weighted by Gasteiger charge is 2.19. The van der Waals surface area contributed by atoms with E-state index in [1.165, 1.54) is 161 Å². The molecule has 0 aliphatic carbocycles. The highest BCUT2D eigenvalue weighted by Crippen LogP contribution is 2.17. The van der Waals surface area contributed by atoms with Gasteiger partial charge in [-0.05, 0) is 77.0 Å². The van der Waals surface area contributed by atoms with Crippen molar-refractivity contribution in [2.75, 3.05) is 13.2 Å². The van der Waals surface area contributed by atoms with E-state index in [9.17, 15) is 14.4 Å². The summed E-state index contributed by atoms with van der Waals surface area (Å²) in [4.78, 5) is 38.2. The van der Waals surface area contributed by atoms with Crippen LogP contribution in [0.2, 0.25) is 0 Å². The van der Waals surface area contributed by atoms with Crippen LogP contribution < -0.4 is 0 Å². The first-order valence-electron chi connectivity index (χ1n) is 29.6. The van der Waals surface area contributed by atoms with Crippen LogP contribution in [-0.4, -0.2) is 37.2 Å². The minimum atomic E-state index is -0.783. The molecular weight excluding hydrogens is 841 g/mol. The summed E-state index contributed by atoms with van der Waals surface area (Å²) in [6, 6.07) is 0. The Morgan fingerprint density at radius 1 is 0.309 bits per heavy atom. The molecule has 0 rings (SSSR count). The minimum Gasteiger partial charge on any atom is -0.462 e. The van der Waals surface area contributed by atoms with E-state index in [1.807, 2.05) is 0 Å². The van der Waals surface area contributed by atoms with E-state index in [0.717, 1.165) is 109 Å². The summed E-state index contributed by atoms with van der Waals surface area (Å²) in [7, 11) is 0. The van der Waals surface area contributed by atoms with Crippen LogP contribution in [0, 0.1) is 0 Å². The Hall–Kier alpha value is -2.63. The Labute approximate surface area is 422 Å². The predicted molar refractivity (Wildman–Crippen MR) is 293 cm³/mol. The van der Waals surface area contributed by atoms with Crippen LogP contribution in [0.15, 0.2) is 48.6 Å². The van der Waals surface area contributed by atoms with E-state index in [-0.39, 0.29) is 31.1 Å². The second-order valence-electron chi connectivity index (χ2n) is 19.9. The highest BCUT2D eigenvalue weighted by atomic mass is 16.6. The molecule has 0 aliphatic rings. The second-order valence-corrected chi connectivity index (χ2v) is 19.9. The average molecular weight is 954 g/mol. The lowest BCUT2D eigenvalue weighted by atomic mass is 10.0. The van der Waals surface area contributed by atoms with Crippen molar-refractivity contribution in [3.05, 3.63) is 48.6 Å². The van der Waals surface area contributed by atoms with Crippen molar-refractivity contribution in [2.45, 2.75) is 316 Å². The van der Waals surface area contributed by atoms with E-state index < -0.39 is 6.10 Å². The summed E-state index contributed by atoms with van der Waals surface area (Å²) in [6.07, 6.45) is 69.6. The smallest absolute Gasteiger partial charge is 0.306 e. The van der Waals surface area contributed by atoms with Gasteiger partial charge in [0.2, 0.25) is 0 Å². The van der Waals surface area contributed by atoms with Gasteiger partial charge >= 0.3 is 17.9 Å². The number of hydrogen-bond acceptors (Lipinski definition) is 6. The summed E-state index contributed by atoms with van der Waals surface area (Å²) < 4.78 is 16.9. The molecule has 396 valence electrons. The Morgan fingerprint density at radius 2 is 0.574 bits per heavy atom. The summed E-state index contributed by atoms with van der Waals surface area (Å²) in [6.45, 7) is 6.55. The molecule has 0 heterocycles. The number of carbonyl (C=O) groups is 3. The van der Waals surface area contributed by atoms with E-state index in [0.29, 0.717) is 19.3 Å². The van der Waals surface area contributed by atoms with Crippen LogP contribution in [0.3, 0.4) is 0 Å². The van der Waals surface area contributed by atoms with E-state index in [1.54, 1.807) is 0 Å². The maximum Gasteiger partial charge on any atom is 0.306 e. The molecule has 0 fully saturated rings. The van der Waals surface area contributed by atoms with Gasteiger partial charge in [0, 0.05) is 19.3 Å². The molecule has 0 aliphatic heterocycles. The van der Waals surface area contributed by atoms with Gasteiger partial charge in [-0.1, -0.05) is 262 Å². The summed E-state index contributed by atoms with van der Waals surface area (Å²) in [5.41, 5.74) is 0. The van der Waals surface area contributed by atoms with Gasteiger partial charge in [0.1, 0.15) is 13.2 Å². The third-order valence-corrected chi connectivity index (χ3v) is 13.1. The molecule has 0 radical (unpaired) electrons. The third kappa shape index (κ3) is 54.3. The number of rotatable bonds is 54. The summed E-state index contributed by atoms with van der Waals surface area (Å²) in [5, 5.41) is 0. The number of unbranched alkanes of at least 4 members (excludes halogenated alkanes) is 35. The van der Waals surface area contributed by atoms with Gasteiger partial charge in [-0.15, -0.1) is 0 Å². The van der Waals surface area contributed by atoms with E-state index in [4.69, 9.17) is 14.2 Å². The topological polar surface area (TPSA) is 78.9 Å². The van der Waals surface area contributed by atoms with Crippen LogP contribution in [0.5, 0.6) is 0 Å². The number of ether oxygens (including phenoxy) is 3. The predicted octanol–water partition coefficient (Wildman–Crippen LogP) is 19.8. The van der Waals surface area contributed by atoms with Crippen molar-refractivity contribution in [1.82, 2.24) is 0 Å². The fourth-order valence-corrected chi connectivity index (χ4v) is 8.63. The molecule has 0 N–H and O–H groups in total. The fraction of sp³-hybridized carbons (Fsp3) is 0.823. The first-order chi connectivity index (χ1) is 33.5. The molecule has 1 atom stereocenters. The SMILES string of the molecule is CC/C=C\C/C=C\C/C=C\CCCCCCCC(=O)OC[C@H](COC(=O)CCCCCCCCCCCCCCCCCCCCC)OC(=O)CCCCCCC/C=C\CCCCCCCCC.